The highest BCUT2D eigenvalue weighted by atomic mass is 32.2. The smallest absolute Gasteiger partial charge is 0.258 e. The molecule has 180 valence electrons. The zero-order valence-corrected chi connectivity index (χ0v) is 20.0. The zero-order valence-electron chi connectivity index (χ0n) is 19.1. The quantitative estimate of drug-likeness (QED) is 0.282. The predicted octanol–water partition coefficient (Wildman–Crippen LogP) is 3.10. The molecular weight excluding hydrogens is 469 g/mol. The summed E-state index contributed by atoms with van der Waals surface area (Å²) in [7, 11) is -2.55. The second-order valence-corrected chi connectivity index (χ2v) is 9.86. The van der Waals surface area contributed by atoms with Crippen molar-refractivity contribution >= 4 is 27.8 Å². The second-order valence-electron chi connectivity index (χ2n) is 7.84. The molecule has 0 bridgehead atoms. The first-order chi connectivity index (χ1) is 16.6. The fraction of sp³-hybridized carbons (Fsp3) is 0.160. The minimum atomic E-state index is -3.76. The van der Waals surface area contributed by atoms with Crippen molar-refractivity contribution < 1.29 is 17.6 Å². The number of nitriles is 1. The van der Waals surface area contributed by atoms with Crippen LogP contribution in [0.1, 0.15) is 16.7 Å². The van der Waals surface area contributed by atoms with E-state index in [1.807, 2.05) is 12.1 Å². The lowest BCUT2D eigenvalue weighted by Crippen LogP contribution is -2.44. The Bertz CT molecular complexity index is 1400. The first-order valence-corrected chi connectivity index (χ1v) is 12.3. The van der Waals surface area contributed by atoms with Gasteiger partial charge in [-0.1, -0.05) is 48.5 Å². The number of hydrogen-bond acceptors (Lipinski definition) is 7. The molecule has 3 aromatic rings. The van der Waals surface area contributed by atoms with E-state index in [9.17, 15) is 22.9 Å². The number of hydrazone groups is 1. The molecule has 0 fully saturated rings. The molecule has 1 atom stereocenters. The maximum Gasteiger partial charge on any atom is 0.258 e. The van der Waals surface area contributed by atoms with Gasteiger partial charge in [0, 0.05) is 24.7 Å². The van der Waals surface area contributed by atoms with E-state index in [0.29, 0.717) is 21.1 Å². The van der Waals surface area contributed by atoms with Gasteiger partial charge in [0.05, 0.1) is 18.0 Å². The fourth-order valence-electron chi connectivity index (χ4n) is 3.53. The van der Waals surface area contributed by atoms with E-state index in [0.717, 1.165) is 17.4 Å². The van der Waals surface area contributed by atoms with Gasteiger partial charge in [-0.25, -0.2) is 17.1 Å². The van der Waals surface area contributed by atoms with Crippen LogP contribution in [0.4, 0.5) is 10.1 Å². The molecule has 0 unspecified atom stereocenters. The van der Waals surface area contributed by atoms with Crippen LogP contribution in [-0.4, -0.2) is 44.2 Å². The molecule has 0 heterocycles. The Morgan fingerprint density at radius 1 is 1.20 bits per heavy atom. The first-order valence-electron chi connectivity index (χ1n) is 10.5. The summed E-state index contributed by atoms with van der Waals surface area (Å²) in [5, 5.41) is 15.9. The number of anilines is 1. The Morgan fingerprint density at radius 3 is 2.51 bits per heavy atom. The molecule has 3 N–H and O–H groups in total. The summed E-state index contributed by atoms with van der Waals surface area (Å²) in [6.07, 6.45) is 2.62. The molecule has 1 amide bonds. The lowest BCUT2D eigenvalue weighted by atomic mass is 9.99. The minimum Gasteiger partial charge on any atom is -0.373 e. The average Bonchev–Trinajstić information content (AvgIpc) is 2.83. The van der Waals surface area contributed by atoms with E-state index in [-0.39, 0.29) is 12.0 Å². The molecule has 0 aromatic heterocycles. The standard InChI is InChI=1S/C25H24FN5O3S/c1-31(35(2,33)34)25(32)24(14-17-5-3-6-18(13-17)16-29-28)30-20-11-9-19(10-12-20)21-7-4-8-23(26)22(21)15-27/h3-13,16,24,30H,14,28H2,1-2H3/t24-/m0/s1. The van der Waals surface area contributed by atoms with Crippen LogP contribution in [0, 0.1) is 17.1 Å². The van der Waals surface area contributed by atoms with Crippen molar-refractivity contribution in [2.75, 3.05) is 18.6 Å². The third-order valence-electron chi connectivity index (χ3n) is 5.38. The molecule has 0 aliphatic carbocycles. The van der Waals surface area contributed by atoms with E-state index in [2.05, 4.69) is 10.4 Å². The normalized spacial score (nSPS) is 12.2. The van der Waals surface area contributed by atoms with Crippen molar-refractivity contribution in [1.29, 1.82) is 5.26 Å². The number of amides is 1. The van der Waals surface area contributed by atoms with Crippen LogP contribution in [0.3, 0.4) is 0 Å². The number of hydrogen-bond donors (Lipinski definition) is 2. The summed E-state index contributed by atoms with van der Waals surface area (Å²) >= 11 is 0. The molecule has 8 nitrogen and oxygen atoms in total. The summed E-state index contributed by atoms with van der Waals surface area (Å²) in [4.78, 5) is 13.1. The SMILES string of the molecule is CN(C(=O)[C@H](Cc1cccc(C=NN)c1)Nc1ccc(-c2cccc(F)c2C#N)cc1)S(C)(=O)=O. The largest absolute Gasteiger partial charge is 0.373 e. The third kappa shape index (κ3) is 6.22. The van der Waals surface area contributed by atoms with Gasteiger partial charge in [0.15, 0.2) is 0 Å². The molecule has 0 aliphatic rings. The molecular formula is C25H24FN5O3S. The fourth-order valence-corrected chi connectivity index (χ4v) is 3.98. The number of carbonyl (C=O) groups excluding carboxylic acids is 1. The van der Waals surface area contributed by atoms with Gasteiger partial charge in [-0.3, -0.25) is 4.79 Å². The van der Waals surface area contributed by atoms with E-state index in [1.165, 1.54) is 25.4 Å². The van der Waals surface area contributed by atoms with Crippen LogP contribution in [0.2, 0.25) is 0 Å². The van der Waals surface area contributed by atoms with Crippen LogP contribution in [0.15, 0.2) is 71.8 Å². The Labute approximate surface area is 203 Å². The highest BCUT2D eigenvalue weighted by molar-refractivity contribution is 7.88. The highest BCUT2D eigenvalue weighted by Gasteiger charge is 2.27. The average molecular weight is 494 g/mol. The minimum absolute atomic E-state index is 0.0584. The molecule has 35 heavy (non-hydrogen) atoms. The van der Waals surface area contributed by atoms with Crippen molar-refractivity contribution in [2.45, 2.75) is 12.5 Å². The van der Waals surface area contributed by atoms with Gasteiger partial charge in [0.2, 0.25) is 10.0 Å². The molecule has 10 heteroatoms. The van der Waals surface area contributed by atoms with Crippen molar-refractivity contribution in [1.82, 2.24) is 4.31 Å². The lowest BCUT2D eigenvalue weighted by Gasteiger charge is -2.24. The van der Waals surface area contributed by atoms with E-state index >= 15 is 0 Å². The Kier molecular flexibility index (Phi) is 7.83. The zero-order chi connectivity index (χ0) is 25.6. The van der Waals surface area contributed by atoms with E-state index < -0.39 is 27.8 Å². The highest BCUT2D eigenvalue weighted by Crippen LogP contribution is 2.27. The van der Waals surface area contributed by atoms with Gasteiger partial charge in [0.25, 0.3) is 5.91 Å². The Morgan fingerprint density at radius 2 is 1.89 bits per heavy atom. The number of carbonyl (C=O) groups is 1. The van der Waals surface area contributed by atoms with Gasteiger partial charge in [-0.2, -0.15) is 10.4 Å². The number of nitrogens with two attached hydrogens (primary N) is 1. The lowest BCUT2D eigenvalue weighted by molar-refractivity contribution is -0.126. The molecule has 0 saturated heterocycles. The van der Waals surface area contributed by atoms with Crippen molar-refractivity contribution in [3.8, 4) is 17.2 Å². The van der Waals surface area contributed by atoms with E-state index in [4.69, 9.17) is 5.84 Å². The summed E-state index contributed by atoms with van der Waals surface area (Å²) in [6, 6.07) is 19.3. The van der Waals surface area contributed by atoms with Crippen LogP contribution in [0.25, 0.3) is 11.1 Å². The molecule has 0 saturated carbocycles. The van der Waals surface area contributed by atoms with Crippen LogP contribution in [0.5, 0.6) is 0 Å². The maximum absolute atomic E-state index is 14.0. The molecule has 3 aromatic carbocycles. The number of rotatable bonds is 8. The van der Waals surface area contributed by atoms with Gasteiger partial charge in [-0.05, 0) is 34.9 Å². The number of halogens is 1. The Balaban J connectivity index is 1.91. The number of sulfonamides is 1. The number of likely N-dealkylation sites (N-methyl/N-ethyl adjacent to an activating group) is 1. The monoisotopic (exact) mass is 493 g/mol. The van der Waals surface area contributed by atoms with Crippen LogP contribution >= 0.6 is 0 Å². The van der Waals surface area contributed by atoms with Gasteiger partial charge < -0.3 is 11.2 Å². The van der Waals surface area contributed by atoms with Crippen LogP contribution in [-0.2, 0) is 21.2 Å². The predicted molar refractivity (Wildman–Crippen MR) is 134 cm³/mol. The molecule has 0 aliphatic heterocycles. The van der Waals surface area contributed by atoms with Crippen molar-refractivity contribution in [3.63, 3.8) is 0 Å². The van der Waals surface area contributed by atoms with Gasteiger partial charge >= 0.3 is 0 Å². The topological polar surface area (TPSA) is 129 Å². The van der Waals surface area contributed by atoms with Gasteiger partial charge in [0.1, 0.15) is 17.9 Å². The number of nitrogens with one attached hydrogen (secondary N) is 1. The number of nitrogens with zero attached hydrogens (tertiary/aromatic N) is 3. The van der Waals surface area contributed by atoms with Crippen molar-refractivity contribution in [2.24, 2.45) is 10.9 Å². The summed E-state index contributed by atoms with van der Waals surface area (Å²) in [5.74, 6) is 3.98. The molecule has 3 rings (SSSR count). The first kappa shape index (κ1) is 25.4. The van der Waals surface area contributed by atoms with Gasteiger partial charge in [-0.15, -0.1) is 0 Å². The summed E-state index contributed by atoms with van der Waals surface area (Å²) < 4.78 is 38.7. The summed E-state index contributed by atoms with van der Waals surface area (Å²) in [5.41, 5.74) is 3.06. The second kappa shape index (κ2) is 10.8. The molecule has 0 spiro atoms. The Hall–Kier alpha value is -4.23. The maximum atomic E-state index is 14.0. The number of benzene rings is 3. The molecule has 0 radical (unpaired) electrons. The third-order valence-corrected chi connectivity index (χ3v) is 6.56. The van der Waals surface area contributed by atoms with Crippen LogP contribution < -0.4 is 11.2 Å². The van der Waals surface area contributed by atoms with E-state index in [1.54, 1.807) is 48.5 Å². The summed E-state index contributed by atoms with van der Waals surface area (Å²) in [6.45, 7) is 0. The van der Waals surface area contributed by atoms with Crippen molar-refractivity contribution in [3.05, 3.63) is 89.2 Å².